The van der Waals surface area contributed by atoms with Gasteiger partial charge < -0.3 is 5.32 Å². The molecule has 26 heavy (non-hydrogen) atoms. The highest BCUT2D eigenvalue weighted by molar-refractivity contribution is 7.89. The molecule has 10 heteroatoms. The Bertz CT molecular complexity index is 1040. The Balaban J connectivity index is 1.86. The highest BCUT2D eigenvalue weighted by Gasteiger charge is 2.15. The number of pyridine rings is 1. The molecular formula is C16H16N6O3S. The monoisotopic (exact) mass is 372 g/mol. The van der Waals surface area contributed by atoms with Crippen molar-refractivity contribution in [1.29, 1.82) is 0 Å². The zero-order chi connectivity index (χ0) is 18.7. The predicted molar refractivity (Wildman–Crippen MR) is 94.8 cm³/mol. The summed E-state index contributed by atoms with van der Waals surface area (Å²) in [6.07, 6.45) is 1.86. The Kier molecular flexibility index (Phi) is 4.78. The van der Waals surface area contributed by atoms with Crippen molar-refractivity contribution in [3.05, 3.63) is 54.0 Å². The van der Waals surface area contributed by atoms with Gasteiger partial charge >= 0.3 is 0 Å². The fourth-order valence-corrected chi connectivity index (χ4v) is 2.70. The van der Waals surface area contributed by atoms with Gasteiger partial charge in [-0.2, -0.15) is 5.10 Å². The number of benzene rings is 1. The lowest BCUT2D eigenvalue weighted by Crippen LogP contribution is -2.16. The first-order chi connectivity index (χ1) is 12.4. The SMILES string of the molecule is CCc1nc(-c2ccccc2NC(=O)c2ccc(S(N)(=O)=O)nc2)n[nH]1. The summed E-state index contributed by atoms with van der Waals surface area (Å²) in [7, 11) is -3.91. The van der Waals surface area contributed by atoms with Crippen LogP contribution in [0.2, 0.25) is 0 Å². The number of nitrogens with zero attached hydrogens (tertiary/aromatic N) is 3. The Morgan fingerprint density at radius 1 is 1.23 bits per heavy atom. The molecule has 0 spiro atoms. The summed E-state index contributed by atoms with van der Waals surface area (Å²) < 4.78 is 22.5. The van der Waals surface area contributed by atoms with E-state index in [2.05, 4.69) is 25.5 Å². The number of aromatic amines is 1. The molecule has 1 amide bonds. The molecule has 0 bridgehead atoms. The number of carbonyl (C=O) groups is 1. The molecule has 0 aliphatic rings. The van der Waals surface area contributed by atoms with Gasteiger partial charge in [0.05, 0.1) is 11.3 Å². The number of amides is 1. The summed E-state index contributed by atoms with van der Waals surface area (Å²) in [5, 5.41) is 14.4. The summed E-state index contributed by atoms with van der Waals surface area (Å²) in [5.41, 5.74) is 1.37. The summed E-state index contributed by atoms with van der Waals surface area (Å²) in [5.74, 6) is 0.765. The maximum Gasteiger partial charge on any atom is 0.257 e. The Morgan fingerprint density at radius 3 is 2.62 bits per heavy atom. The van der Waals surface area contributed by atoms with E-state index >= 15 is 0 Å². The number of nitrogens with one attached hydrogen (secondary N) is 2. The van der Waals surface area contributed by atoms with Gasteiger partial charge in [0.15, 0.2) is 10.9 Å². The third-order valence-electron chi connectivity index (χ3n) is 3.57. The lowest BCUT2D eigenvalue weighted by atomic mass is 10.1. The average molecular weight is 372 g/mol. The largest absolute Gasteiger partial charge is 0.321 e. The third-order valence-corrected chi connectivity index (χ3v) is 4.40. The first kappa shape index (κ1) is 17.7. The molecule has 2 heterocycles. The second-order valence-corrected chi connectivity index (χ2v) is 6.90. The van der Waals surface area contributed by atoms with Crippen LogP contribution in [0.1, 0.15) is 23.1 Å². The number of anilines is 1. The lowest BCUT2D eigenvalue weighted by Gasteiger charge is -2.09. The van der Waals surface area contributed by atoms with Gasteiger partial charge in [0, 0.05) is 18.2 Å². The second-order valence-electron chi connectivity index (χ2n) is 5.39. The summed E-state index contributed by atoms with van der Waals surface area (Å²) in [6, 6.07) is 9.62. The van der Waals surface area contributed by atoms with Gasteiger partial charge in [0.1, 0.15) is 5.82 Å². The molecule has 0 aliphatic heterocycles. The van der Waals surface area contributed by atoms with Crippen molar-refractivity contribution in [2.45, 2.75) is 18.4 Å². The minimum Gasteiger partial charge on any atom is -0.321 e. The maximum atomic E-state index is 12.4. The number of para-hydroxylation sites is 1. The molecule has 0 atom stereocenters. The highest BCUT2D eigenvalue weighted by Crippen LogP contribution is 2.25. The molecule has 3 aromatic rings. The van der Waals surface area contributed by atoms with E-state index in [0.29, 0.717) is 23.5 Å². The number of carbonyl (C=O) groups excluding carboxylic acids is 1. The first-order valence-electron chi connectivity index (χ1n) is 7.69. The summed E-state index contributed by atoms with van der Waals surface area (Å²) in [4.78, 5) is 20.5. The van der Waals surface area contributed by atoms with Crippen molar-refractivity contribution >= 4 is 21.6 Å². The number of aryl methyl sites for hydroxylation is 1. The molecule has 2 aromatic heterocycles. The van der Waals surface area contributed by atoms with Crippen molar-refractivity contribution in [2.75, 3.05) is 5.32 Å². The van der Waals surface area contributed by atoms with Gasteiger partial charge in [-0.3, -0.25) is 9.89 Å². The van der Waals surface area contributed by atoms with Crippen molar-refractivity contribution in [2.24, 2.45) is 5.14 Å². The van der Waals surface area contributed by atoms with Crippen molar-refractivity contribution in [3.8, 4) is 11.4 Å². The van der Waals surface area contributed by atoms with Gasteiger partial charge in [-0.1, -0.05) is 19.1 Å². The van der Waals surface area contributed by atoms with Gasteiger partial charge in [-0.05, 0) is 24.3 Å². The minimum atomic E-state index is -3.91. The number of hydrogen-bond acceptors (Lipinski definition) is 6. The minimum absolute atomic E-state index is 0.191. The van der Waals surface area contributed by atoms with Crippen LogP contribution < -0.4 is 10.5 Å². The molecule has 1 aromatic carbocycles. The van der Waals surface area contributed by atoms with Crippen LogP contribution in [0.5, 0.6) is 0 Å². The van der Waals surface area contributed by atoms with E-state index in [-0.39, 0.29) is 10.6 Å². The van der Waals surface area contributed by atoms with Crippen molar-refractivity contribution < 1.29 is 13.2 Å². The van der Waals surface area contributed by atoms with Gasteiger partial charge in [0.25, 0.3) is 15.9 Å². The zero-order valence-electron chi connectivity index (χ0n) is 13.8. The van der Waals surface area contributed by atoms with Crippen LogP contribution in [-0.4, -0.2) is 34.5 Å². The van der Waals surface area contributed by atoms with Gasteiger partial charge in [-0.25, -0.2) is 23.5 Å². The number of H-pyrrole nitrogens is 1. The molecule has 0 fully saturated rings. The third kappa shape index (κ3) is 3.76. The summed E-state index contributed by atoms with van der Waals surface area (Å²) >= 11 is 0. The van der Waals surface area contributed by atoms with E-state index < -0.39 is 15.9 Å². The molecular weight excluding hydrogens is 356 g/mol. The standard InChI is InChI=1S/C16H16N6O3S/c1-2-13-20-15(22-21-13)11-5-3-4-6-12(11)19-16(23)10-7-8-14(18-9-10)26(17,24)25/h3-9H,2H2,1H3,(H,19,23)(H2,17,24,25)(H,20,21,22). The molecule has 0 unspecified atom stereocenters. The Hall–Kier alpha value is -3.11. The number of rotatable bonds is 5. The fourth-order valence-electron chi connectivity index (χ4n) is 2.24. The molecule has 0 saturated heterocycles. The molecule has 3 rings (SSSR count). The Morgan fingerprint density at radius 2 is 2.00 bits per heavy atom. The molecule has 0 saturated carbocycles. The molecule has 134 valence electrons. The smallest absolute Gasteiger partial charge is 0.257 e. The second kappa shape index (κ2) is 7.02. The lowest BCUT2D eigenvalue weighted by molar-refractivity contribution is 0.102. The van der Waals surface area contributed by atoms with Crippen LogP contribution in [0, 0.1) is 0 Å². The van der Waals surface area contributed by atoms with Crippen LogP contribution >= 0.6 is 0 Å². The van der Waals surface area contributed by atoms with E-state index in [1.165, 1.54) is 12.1 Å². The van der Waals surface area contributed by atoms with Crippen molar-refractivity contribution in [1.82, 2.24) is 20.2 Å². The van der Waals surface area contributed by atoms with Crippen LogP contribution in [-0.2, 0) is 16.4 Å². The molecule has 4 N–H and O–H groups in total. The van der Waals surface area contributed by atoms with E-state index in [9.17, 15) is 13.2 Å². The highest BCUT2D eigenvalue weighted by atomic mass is 32.2. The van der Waals surface area contributed by atoms with Crippen molar-refractivity contribution in [3.63, 3.8) is 0 Å². The topological polar surface area (TPSA) is 144 Å². The number of aromatic nitrogens is 4. The van der Waals surface area contributed by atoms with E-state index in [4.69, 9.17) is 5.14 Å². The van der Waals surface area contributed by atoms with Crippen LogP contribution in [0.25, 0.3) is 11.4 Å². The quantitative estimate of drug-likeness (QED) is 0.616. The fraction of sp³-hybridized carbons (Fsp3) is 0.125. The number of sulfonamides is 1. The molecule has 9 nitrogen and oxygen atoms in total. The normalized spacial score (nSPS) is 11.3. The van der Waals surface area contributed by atoms with Crippen LogP contribution in [0.4, 0.5) is 5.69 Å². The Labute approximate surface area is 149 Å². The molecule has 0 aliphatic carbocycles. The van der Waals surface area contributed by atoms with Crippen LogP contribution in [0.3, 0.4) is 0 Å². The number of nitrogens with two attached hydrogens (primary N) is 1. The number of hydrogen-bond donors (Lipinski definition) is 3. The average Bonchev–Trinajstić information content (AvgIpc) is 3.10. The zero-order valence-corrected chi connectivity index (χ0v) is 14.6. The van der Waals surface area contributed by atoms with E-state index in [0.717, 1.165) is 12.0 Å². The van der Waals surface area contributed by atoms with Crippen LogP contribution in [0.15, 0.2) is 47.6 Å². The van der Waals surface area contributed by atoms with Gasteiger partial charge in [-0.15, -0.1) is 0 Å². The van der Waals surface area contributed by atoms with E-state index in [1.54, 1.807) is 18.2 Å². The predicted octanol–water partition coefficient (Wildman–Crippen LogP) is 1.33. The first-order valence-corrected chi connectivity index (χ1v) is 9.24. The number of primary sulfonamides is 1. The maximum absolute atomic E-state index is 12.4. The van der Waals surface area contributed by atoms with E-state index in [1.807, 2.05) is 13.0 Å². The van der Waals surface area contributed by atoms with Gasteiger partial charge in [0.2, 0.25) is 0 Å². The molecule has 0 radical (unpaired) electrons. The summed E-state index contributed by atoms with van der Waals surface area (Å²) in [6.45, 7) is 1.95.